The predicted octanol–water partition coefficient (Wildman–Crippen LogP) is 4.54. The number of nitrogens with zero attached hydrogens (tertiary/aromatic N) is 3. The molecule has 0 unspecified atom stereocenters. The Morgan fingerprint density at radius 2 is 1.96 bits per heavy atom. The molecular formula is C17H15Cl2N5O. The van der Waals surface area contributed by atoms with Gasteiger partial charge in [0.2, 0.25) is 5.95 Å². The van der Waals surface area contributed by atoms with E-state index < -0.39 is 0 Å². The van der Waals surface area contributed by atoms with Gasteiger partial charge in [0, 0.05) is 16.6 Å². The van der Waals surface area contributed by atoms with Crippen LogP contribution < -0.4 is 15.4 Å². The van der Waals surface area contributed by atoms with Gasteiger partial charge >= 0.3 is 0 Å². The molecule has 3 aromatic rings. The van der Waals surface area contributed by atoms with Crippen molar-refractivity contribution >= 4 is 40.7 Å². The Morgan fingerprint density at radius 3 is 2.76 bits per heavy atom. The van der Waals surface area contributed by atoms with Crippen molar-refractivity contribution < 1.29 is 4.74 Å². The highest BCUT2D eigenvalue weighted by Gasteiger charge is 2.07. The molecule has 25 heavy (non-hydrogen) atoms. The molecule has 0 aliphatic carbocycles. The molecule has 1 heterocycles. The Hall–Kier alpha value is -2.57. The molecule has 0 bridgehead atoms. The van der Waals surface area contributed by atoms with Gasteiger partial charge < -0.3 is 15.4 Å². The first-order valence-corrected chi connectivity index (χ1v) is 8.19. The number of halogens is 2. The fourth-order valence-corrected chi connectivity index (χ4v) is 2.54. The lowest BCUT2D eigenvalue weighted by atomic mass is 10.2. The summed E-state index contributed by atoms with van der Waals surface area (Å²) < 4.78 is 5.29. The molecule has 128 valence electrons. The van der Waals surface area contributed by atoms with Gasteiger partial charge in [-0.2, -0.15) is 10.1 Å². The molecule has 0 aliphatic rings. The molecule has 3 rings (SSSR count). The van der Waals surface area contributed by atoms with Crippen LogP contribution in [0.25, 0.3) is 0 Å². The number of nitrogens with one attached hydrogen (secondary N) is 2. The SMILES string of the molecule is COc1ccc(Cl)cc1Nc1nncc(NCc2ccccc2Cl)n1. The number of benzene rings is 2. The van der Waals surface area contributed by atoms with Gasteiger partial charge in [0.05, 0.1) is 19.0 Å². The molecule has 0 aliphatic heterocycles. The first-order chi connectivity index (χ1) is 12.2. The van der Waals surface area contributed by atoms with Crippen molar-refractivity contribution in [3.8, 4) is 5.75 Å². The molecule has 8 heteroatoms. The van der Waals surface area contributed by atoms with Gasteiger partial charge in [-0.15, -0.1) is 5.10 Å². The van der Waals surface area contributed by atoms with Crippen molar-refractivity contribution in [2.75, 3.05) is 17.7 Å². The topological polar surface area (TPSA) is 72.0 Å². The zero-order valence-corrected chi connectivity index (χ0v) is 14.8. The van der Waals surface area contributed by atoms with Crippen molar-refractivity contribution in [1.29, 1.82) is 0 Å². The molecule has 0 saturated heterocycles. The summed E-state index contributed by atoms with van der Waals surface area (Å²) >= 11 is 12.2. The number of aromatic nitrogens is 3. The van der Waals surface area contributed by atoms with Crippen molar-refractivity contribution in [2.24, 2.45) is 0 Å². The number of hydrogen-bond acceptors (Lipinski definition) is 6. The smallest absolute Gasteiger partial charge is 0.249 e. The third kappa shape index (κ3) is 4.49. The van der Waals surface area contributed by atoms with Gasteiger partial charge in [-0.1, -0.05) is 41.4 Å². The zero-order chi connectivity index (χ0) is 17.6. The summed E-state index contributed by atoms with van der Waals surface area (Å²) in [6, 6.07) is 12.8. The third-order valence-corrected chi connectivity index (χ3v) is 3.99. The van der Waals surface area contributed by atoms with Crippen molar-refractivity contribution in [3.63, 3.8) is 0 Å². The van der Waals surface area contributed by atoms with E-state index in [9.17, 15) is 0 Å². The first-order valence-electron chi connectivity index (χ1n) is 7.43. The molecule has 0 fully saturated rings. The number of ether oxygens (including phenoxy) is 1. The molecule has 0 saturated carbocycles. The largest absolute Gasteiger partial charge is 0.495 e. The average molecular weight is 376 g/mol. The van der Waals surface area contributed by atoms with Crippen LogP contribution in [0.2, 0.25) is 10.0 Å². The Bertz CT molecular complexity index is 875. The summed E-state index contributed by atoms with van der Waals surface area (Å²) in [5, 5.41) is 15.4. The summed E-state index contributed by atoms with van der Waals surface area (Å²) in [7, 11) is 1.58. The molecule has 2 aromatic carbocycles. The van der Waals surface area contributed by atoms with Crippen LogP contribution >= 0.6 is 23.2 Å². The van der Waals surface area contributed by atoms with Gasteiger partial charge in [0.25, 0.3) is 0 Å². The van der Waals surface area contributed by atoms with E-state index in [0.29, 0.717) is 39.8 Å². The van der Waals surface area contributed by atoms with Gasteiger partial charge in [0.1, 0.15) is 5.75 Å². The Kier molecular flexibility index (Phi) is 5.53. The van der Waals surface area contributed by atoms with E-state index in [1.54, 1.807) is 25.3 Å². The maximum atomic E-state index is 6.15. The minimum Gasteiger partial charge on any atom is -0.495 e. The van der Waals surface area contributed by atoms with Crippen molar-refractivity contribution in [2.45, 2.75) is 6.54 Å². The van der Waals surface area contributed by atoms with Crippen LogP contribution in [-0.4, -0.2) is 22.3 Å². The van der Waals surface area contributed by atoms with Crippen LogP contribution in [0.4, 0.5) is 17.5 Å². The minimum atomic E-state index is 0.324. The summed E-state index contributed by atoms with van der Waals surface area (Å²) in [5.41, 5.74) is 1.62. The van der Waals surface area contributed by atoms with E-state index in [2.05, 4.69) is 25.8 Å². The van der Waals surface area contributed by atoms with E-state index in [4.69, 9.17) is 27.9 Å². The standard InChI is InChI=1S/C17H15Cl2N5O/c1-25-15-7-6-12(18)8-14(15)22-17-23-16(10-21-24-17)20-9-11-4-2-3-5-13(11)19/h2-8,10H,9H2,1H3,(H2,20,22,23,24). The Labute approximate surface area is 155 Å². The van der Waals surface area contributed by atoms with Gasteiger partial charge in [-0.05, 0) is 29.8 Å². The molecule has 0 amide bonds. The van der Waals surface area contributed by atoms with Crippen LogP contribution in [0.15, 0.2) is 48.7 Å². The van der Waals surface area contributed by atoms with E-state index in [1.807, 2.05) is 24.3 Å². The lowest BCUT2D eigenvalue weighted by Gasteiger charge is -2.11. The predicted molar refractivity (Wildman–Crippen MR) is 99.9 cm³/mol. The van der Waals surface area contributed by atoms with E-state index in [1.165, 1.54) is 6.20 Å². The summed E-state index contributed by atoms with van der Waals surface area (Å²) in [4.78, 5) is 4.38. The highest BCUT2D eigenvalue weighted by atomic mass is 35.5. The van der Waals surface area contributed by atoms with Crippen LogP contribution in [0, 0.1) is 0 Å². The van der Waals surface area contributed by atoms with Crippen LogP contribution in [-0.2, 0) is 6.54 Å². The second-order valence-electron chi connectivity index (χ2n) is 5.08. The Morgan fingerprint density at radius 1 is 1.12 bits per heavy atom. The molecule has 0 atom stereocenters. The van der Waals surface area contributed by atoms with Crippen molar-refractivity contribution in [3.05, 3.63) is 64.3 Å². The zero-order valence-electron chi connectivity index (χ0n) is 13.3. The Balaban J connectivity index is 1.74. The number of anilines is 3. The monoisotopic (exact) mass is 375 g/mol. The van der Waals surface area contributed by atoms with E-state index in [-0.39, 0.29) is 0 Å². The molecule has 2 N–H and O–H groups in total. The maximum absolute atomic E-state index is 6.15. The molecule has 6 nitrogen and oxygen atoms in total. The summed E-state index contributed by atoms with van der Waals surface area (Å²) in [5.74, 6) is 1.52. The number of hydrogen-bond donors (Lipinski definition) is 2. The molecule has 0 spiro atoms. The van der Waals surface area contributed by atoms with Crippen LogP contribution in [0.1, 0.15) is 5.56 Å². The van der Waals surface area contributed by atoms with E-state index in [0.717, 1.165) is 5.56 Å². The van der Waals surface area contributed by atoms with Crippen LogP contribution in [0.3, 0.4) is 0 Å². The van der Waals surface area contributed by atoms with Gasteiger partial charge in [0.15, 0.2) is 5.82 Å². The third-order valence-electron chi connectivity index (χ3n) is 3.38. The fraction of sp³-hybridized carbons (Fsp3) is 0.118. The van der Waals surface area contributed by atoms with Crippen molar-refractivity contribution in [1.82, 2.24) is 15.2 Å². The summed E-state index contributed by atoms with van der Waals surface area (Å²) in [6.45, 7) is 0.526. The first kappa shape index (κ1) is 17.3. The minimum absolute atomic E-state index is 0.324. The second kappa shape index (κ2) is 8.00. The van der Waals surface area contributed by atoms with Gasteiger partial charge in [-0.3, -0.25) is 0 Å². The molecule has 1 aromatic heterocycles. The lowest BCUT2D eigenvalue weighted by molar-refractivity contribution is 0.417. The number of rotatable bonds is 6. The van der Waals surface area contributed by atoms with Crippen LogP contribution in [0.5, 0.6) is 5.75 Å². The average Bonchev–Trinajstić information content (AvgIpc) is 2.62. The highest BCUT2D eigenvalue weighted by molar-refractivity contribution is 6.31. The molecular weight excluding hydrogens is 361 g/mol. The number of methoxy groups -OCH3 is 1. The normalized spacial score (nSPS) is 10.4. The van der Waals surface area contributed by atoms with Gasteiger partial charge in [-0.25, -0.2) is 0 Å². The van der Waals surface area contributed by atoms with E-state index >= 15 is 0 Å². The summed E-state index contributed by atoms with van der Waals surface area (Å²) in [6.07, 6.45) is 1.54. The fourth-order valence-electron chi connectivity index (χ4n) is 2.17. The molecule has 0 radical (unpaired) electrons. The quantitative estimate of drug-likeness (QED) is 0.658. The lowest BCUT2D eigenvalue weighted by Crippen LogP contribution is -2.06. The second-order valence-corrected chi connectivity index (χ2v) is 5.92. The maximum Gasteiger partial charge on any atom is 0.249 e. The highest BCUT2D eigenvalue weighted by Crippen LogP contribution is 2.29.